The van der Waals surface area contributed by atoms with E-state index in [4.69, 9.17) is 4.74 Å². The van der Waals surface area contributed by atoms with Crippen LogP contribution in [-0.2, 0) is 9.53 Å². The first-order chi connectivity index (χ1) is 11.9. The van der Waals surface area contributed by atoms with Crippen LogP contribution in [0.1, 0.15) is 65.2 Å². The number of esters is 1. The zero-order chi connectivity index (χ0) is 17.8. The fourth-order valence-corrected chi connectivity index (χ4v) is 6.85. The molecule has 7 atom stereocenters. The number of alkyl halides is 1. The third-order valence-corrected chi connectivity index (χ3v) is 7.96. The van der Waals surface area contributed by atoms with Gasteiger partial charge in [-0.05, 0) is 62.7 Å². The van der Waals surface area contributed by atoms with Crippen LogP contribution >= 0.6 is 0 Å². The van der Waals surface area contributed by atoms with E-state index in [0.29, 0.717) is 30.6 Å². The highest BCUT2D eigenvalue weighted by Crippen LogP contribution is 2.62. The van der Waals surface area contributed by atoms with E-state index in [1.807, 2.05) is 0 Å². The minimum absolute atomic E-state index is 0.0421. The molecule has 0 spiro atoms. The number of hydrogen-bond acceptors (Lipinski definition) is 3. The number of carbonyl (C=O) groups is 1. The lowest BCUT2D eigenvalue weighted by atomic mass is 9.52. The molecule has 4 aliphatic rings. The van der Waals surface area contributed by atoms with Gasteiger partial charge in [0.2, 0.25) is 0 Å². The van der Waals surface area contributed by atoms with Crippen molar-refractivity contribution >= 4 is 5.97 Å². The molecule has 0 aromatic heterocycles. The Labute approximate surface area is 150 Å². The fourth-order valence-electron chi connectivity index (χ4n) is 6.85. The van der Waals surface area contributed by atoms with Crippen LogP contribution in [0.15, 0.2) is 11.1 Å². The molecular formula is C21H31FO3. The Morgan fingerprint density at radius 1 is 1.28 bits per heavy atom. The SMILES string of the molecule is CC(=O)OC1CCC2C3CC(CO)C4=C(CCC(F)C4)C3CCC12C. The molecule has 0 heterocycles. The molecule has 1 N–H and O–H groups in total. The summed E-state index contributed by atoms with van der Waals surface area (Å²) in [5, 5.41) is 9.96. The molecule has 3 nitrogen and oxygen atoms in total. The summed E-state index contributed by atoms with van der Waals surface area (Å²) in [6, 6.07) is 0. The van der Waals surface area contributed by atoms with Gasteiger partial charge in [-0.15, -0.1) is 0 Å². The van der Waals surface area contributed by atoms with Gasteiger partial charge in [0.15, 0.2) is 0 Å². The van der Waals surface area contributed by atoms with Gasteiger partial charge in [0.25, 0.3) is 0 Å². The Kier molecular flexibility index (Phi) is 4.46. The molecule has 0 aliphatic heterocycles. The molecule has 0 saturated heterocycles. The van der Waals surface area contributed by atoms with E-state index in [0.717, 1.165) is 38.5 Å². The van der Waals surface area contributed by atoms with Crippen molar-refractivity contribution in [2.45, 2.75) is 77.5 Å². The number of ether oxygens (including phenoxy) is 1. The van der Waals surface area contributed by atoms with E-state index in [-0.39, 0.29) is 30.0 Å². The second-order valence-corrected chi connectivity index (χ2v) is 9.10. The summed E-state index contributed by atoms with van der Waals surface area (Å²) in [6.45, 7) is 3.97. The van der Waals surface area contributed by atoms with Gasteiger partial charge < -0.3 is 9.84 Å². The average molecular weight is 350 g/mol. The summed E-state index contributed by atoms with van der Waals surface area (Å²) >= 11 is 0. The van der Waals surface area contributed by atoms with Crippen molar-refractivity contribution in [3.63, 3.8) is 0 Å². The Hall–Kier alpha value is -0.900. The number of fused-ring (bicyclic) bond motifs is 4. The number of aliphatic hydroxyl groups excluding tert-OH is 1. The van der Waals surface area contributed by atoms with Crippen LogP contribution in [0.2, 0.25) is 0 Å². The van der Waals surface area contributed by atoms with E-state index >= 15 is 0 Å². The van der Waals surface area contributed by atoms with Crippen molar-refractivity contribution in [3.8, 4) is 0 Å². The third kappa shape index (κ3) is 2.75. The van der Waals surface area contributed by atoms with Crippen LogP contribution in [0.5, 0.6) is 0 Å². The molecule has 0 bridgehead atoms. The van der Waals surface area contributed by atoms with Crippen LogP contribution in [-0.4, -0.2) is 30.0 Å². The molecule has 25 heavy (non-hydrogen) atoms. The van der Waals surface area contributed by atoms with Crippen LogP contribution in [0.3, 0.4) is 0 Å². The van der Waals surface area contributed by atoms with Crippen molar-refractivity contribution in [3.05, 3.63) is 11.1 Å². The predicted octanol–water partition coefficient (Wildman–Crippen LogP) is 4.19. The maximum absolute atomic E-state index is 14.0. The van der Waals surface area contributed by atoms with Gasteiger partial charge in [0.05, 0.1) is 0 Å². The summed E-state index contributed by atoms with van der Waals surface area (Å²) in [4.78, 5) is 11.5. The Morgan fingerprint density at radius 2 is 2.08 bits per heavy atom. The highest BCUT2D eigenvalue weighted by Gasteiger charge is 2.57. The van der Waals surface area contributed by atoms with Crippen molar-refractivity contribution < 1.29 is 19.0 Å². The normalized spacial score (nSPS) is 46.2. The fraction of sp³-hybridized carbons (Fsp3) is 0.857. The largest absolute Gasteiger partial charge is 0.462 e. The second-order valence-electron chi connectivity index (χ2n) is 9.10. The van der Waals surface area contributed by atoms with Gasteiger partial charge in [-0.1, -0.05) is 18.1 Å². The third-order valence-electron chi connectivity index (χ3n) is 7.96. The predicted molar refractivity (Wildman–Crippen MR) is 93.6 cm³/mol. The van der Waals surface area contributed by atoms with Crippen molar-refractivity contribution in [1.29, 1.82) is 0 Å². The number of carbonyl (C=O) groups excluding carboxylic acids is 1. The smallest absolute Gasteiger partial charge is 0.302 e. The number of rotatable bonds is 2. The lowest BCUT2D eigenvalue weighted by Crippen LogP contribution is -2.48. The maximum atomic E-state index is 14.0. The monoisotopic (exact) mass is 350 g/mol. The molecule has 4 rings (SSSR count). The molecule has 4 heteroatoms. The molecule has 0 amide bonds. The van der Waals surface area contributed by atoms with Gasteiger partial charge in [-0.25, -0.2) is 4.39 Å². The van der Waals surface area contributed by atoms with Crippen LogP contribution < -0.4 is 0 Å². The minimum atomic E-state index is -0.724. The number of halogens is 1. The second kappa shape index (κ2) is 6.37. The summed E-state index contributed by atoms with van der Waals surface area (Å²) in [5.74, 6) is 1.66. The highest BCUT2D eigenvalue weighted by atomic mass is 19.1. The molecule has 0 aromatic carbocycles. The van der Waals surface area contributed by atoms with Gasteiger partial charge in [-0.2, -0.15) is 0 Å². The average Bonchev–Trinajstić information content (AvgIpc) is 2.90. The van der Waals surface area contributed by atoms with Gasteiger partial charge in [0, 0.05) is 31.3 Å². The van der Waals surface area contributed by atoms with Crippen molar-refractivity contribution in [1.82, 2.24) is 0 Å². The quantitative estimate of drug-likeness (QED) is 0.600. The molecule has 2 fully saturated rings. The van der Waals surface area contributed by atoms with Crippen LogP contribution in [0, 0.1) is 29.1 Å². The first kappa shape index (κ1) is 17.5. The van der Waals surface area contributed by atoms with Gasteiger partial charge >= 0.3 is 5.97 Å². The first-order valence-electron chi connectivity index (χ1n) is 10.1. The summed E-state index contributed by atoms with van der Waals surface area (Å²) < 4.78 is 19.7. The van der Waals surface area contributed by atoms with E-state index < -0.39 is 6.17 Å². The number of allylic oxidation sites excluding steroid dienone is 1. The first-order valence-corrected chi connectivity index (χ1v) is 10.1. The van der Waals surface area contributed by atoms with Gasteiger partial charge in [-0.3, -0.25) is 4.79 Å². The standard InChI is InChI=1S/C21H31FO3/c1-12(24)25-20-6-5-19-18-9-13(11-23)17-10-14(22)3-4-15(17)16(18)7-8-21(19,20)2/h13-14,16,18-20,23H,3-11H2,1-2H3. The number of hydrogen-bond donors (Lipinski definition) is 1. The van der Waals surface area contributed by atoms with Crippen molar-refractivity contribution in [2.75, 3.05) is 6.61 Å². The lowest BCUT2D eigenvalue weighted by molar-refractivity contribution is -0.155. The van der Waals surface area contributed by atoms with E-state index in [1.165, 1.54) is 18.1 Å². The van der Waals surface area contributed by atoms with E-state index in [1.54, 1.807) is 0 Å². The Balaban J connectivity index is 1.63. The highest BCUT2D eigenvalue weighted by molar-refractivity contribution is 5.66. The topological polar surface area (TPSA) is 46.5 Å². The number of aliphatic hydroxyl groups is 1. The zero-order valence-corrected chi connectivity index (χ0v) is 15.5. The molecule has 0 aromatic rings. The molecule has 4 aliphatic carbocycles. The van der Waals surface area contributed by atoms with Crippen LogP contribution in [0.4, 0.5) is 4.39 Å². The molecule has 140 valence electrons. The van der Waals surface area contributed by atoms with E-state index in [2.05, 4.69) is 6.92 Å². The molecule has 0 radical (unpaired) electrons. The molecule has 7 unspecified atom stereocenters. The van der Waals surface area contributed by atoms with E-state index in [9.17, 15) is 14.3 Å². The van der Waals surface area contributed by atoms with Gasteiger partial charge in [0.1, 0.15) is 12.3 Å². The Bertz CT molecular complexity index is 586. The summed E-state index contributed by atoms with van der Waals surface area (Å²) in [5.41, 5.74) is 2.81. The van der Waals surface area contributed by atoms with Crippen LogP contribution in [0.25, 0.3) is 0 Å². The molecular weight excluding hydrogens is 319 g/mol. The zero-order valence-electron chi connectivity index (χ0n) is 15.5. The summed E-state index contributed by atoms with van der Waals surface area (Å²) in [6.07, 6.45) is 6.68. The van der Waals surface area contributed by atoms with Crippen molar-refractivity contribution in [2.24, 2.45) is 29.1 Å². The minimum Gasteiger partial charge on any atom is -0.462 e. The summed E-state index contributed by atoms with van der Waals surface area (Å²) in [7, 11) is 0. The Morgan fingerprint density at radius 3 is 2.80 bits per heavy atom. The maximum Gasteiger partial charge on any atom is 0.302 e. The lowest BCUT2D eigenvalue weighted by Gasteiger charge is -2.53. The molecule has 2 saturated carbocycles.